The Morgan fingerprint density at radius 1 is 1.19 bits per heavy atom. The molecule has 1 aliphatic rings. The van der Waals surface area contributed by atoms with Crippen molar-refractivity contribution in [3.05, 3.63) is 48.3 Å². The van der Waals surface area contributed by atoms with Crippen molar-refractivity contribution in [1.82, 2.24) is 14.4 Å². The minimum Gasteiger partial charge on any atom is -0.490 e. The number of fused-ring (bicyclic) bond motifs is 1. The lowest BCUT2D eigenvalue weighted by molar-refractivity contribution is 0.0942. The van der Waals surface area contributed by atoms with Crippen molar-refractivity contribution in [3.8, 4) is 23.1 Å². The van der Waals surface area contributed by atoms with E-state index in [9.17, 15) is 9.65 Å². The zero-order valence-electron chi connectivity index (χ0n) is 18.6. The van der Waals surface area contributed by atoms with Crippen LogP contribution in [0.2, 0.25) is 18.1 Å². The molecule has 0 aliphatic heterocycles. The van der Waals surface area contributed by atoms with Gasteiger partial charge in [-0.05, 0) is 43.1 Å². The molecule has 0 amide bonds. The van der Waals surface area contributed by atoms with Gasteiger partial charge in [0.05, 0.1) is 17.5 Å². The van der Waals surface area contributed by atoms with Crippen LogP contribution in [0.4, 0.5) is 4.39 Å². The zero-order chi connectivity index (χ0) is 22.4. The van der Waals surface area contributed by atoms with Crippen molar-refractivity contribution in [1.29, 1.82) is 5.26 Å². The van der Waals surface area contributed by atoms with E-state index in [1.54, 1.807) is 10.5 Å². The summed E-state index contributed by atoms with van der Waals surface area (Å²) in [4.78, 5) is 8.10. The van der Waals surface area contributed by atoms with Crippen molar-refractivity contribution < 1.29 is 13.6 Å². The summed E-state index contributed by atoms with van der Waals surface area (Å²) in [5.74, 6) is 0.0732. The normalized spacial score (nSPS) is 15.6. The molecule has 0 spiro atoms. The number of halogens is 1. The molecular weight excluding hydrogens is 411 g/mol. The number of aromatic nitrogens is 3. The van der Waals surface area contributed by atoms with E-state index in [2.05, 4.69) is 49.9 Å². The molecule has 0 N–H and O–H groups in total. The summed E-state index contributed by atoms with van der Waals surface area (Å²) in [7, 11) is -1.91. The first-order valence-electron chi connectivity index (χ1n) is 10.4. The lowest BCUT2D eigenvalue weighted by Crippen LogP contribution is -2.46. The quantitative estimate of drug-likeness (QED) is 0.384. The molecule has 3 aromatic rings. The van der Waals surface area contributed by atoms with E-state index in [1.165, 1.54) is 18.5 Å². The number of ether oxygens (including phenoxy) is 1. The maximum absolute atomic E-state index is 13.3. The number of rotatable bonds is 6. The molecule has 0 unspecified atom stereocenters. The van der Waals surface area contributed by atoms with Crippen LogP contribution in [0.5, 0.6) is 5.75 Å². The van der Waals surface area contributed by atoms with Crippen LogP contribution in [0.3, 0.4) is 0 Å². The lowest BCUT2D eigenvalue weighted by atomic mass is 10.1. The van der Waals surface area contributed by atoms with Gasteiger partial charge in [0, 0.05) is 23.9 Å². The second-order valence-electron chi connectivity index (χ2n) is 9.73. The molecular formula is C23H27FN4O2Si. The van der Waals surface area contributed by atoms with Gasteiger partial charge in [-0.25, -0.2) is 9.97 Å². The average Bonchev–Trinajstić information content (AvgIpc) is 3.32. The fourth-order valence-corrected chi connectivity index (χ4v) is 4.97. The van der Waals surface area contributed by atoms with E-state index in [0.29, 0.717) is 35.0 Å². The van der Waals surface area contributed by atoms with Crippen LogP contribution in [0, 0.1) is 17.3 Å². The third-order valence-corrected chi connectivity index (χ3v) is 10.9. The van der Waals surface area contributed by atoms with Crippen LogP contribution < -0.4 is 4.74 Å². The van der Waals surface area contributed by atoms with Gasteiger partial charge in [0.2, 0.25) is 5.95 Å². The van der Waals surface area contributed by atoms with E-state index in [1.807, 2.05) is 12.1 Å². The standard InChI is InChI=1S/C23H27FN4O2Si/c1-22(2,3)31(4,5)30-23(8-9-23)15-29-18-10-19(16-6-7-20(24)26-13-16)28-17(12-25)14-27-21(28)11-18/h6-7,10-11,13-14H,8-9,15H2,1-5H3. The molecule has 8 heteroatoms. The second kappa shape index (κ2) is 7.43. The fraction of sp³-hybridized carbons (Fsp3) is 0.435. The van der Waals surface area contributed by atoms with Crippen LogP contribution in [-0.4, -0.2) is 34.9 Å². The Bertz CT molecular complexity index is 1160. The molecule has 0 saturated heterocycles. The zero-order valence-corrected chi connectivity index (χ0v) is 19.6. The minimum absolute atomic E-state index is 0.133. The van der Waals surface area contributed by atoms with E-state index >= 15 is 0 Å². The van der Waals surface area contributed by atoms with Crippen LogP contribution in [0.25, 0.3) is 16.9 Å². The van der Waals surface area contributed by atoms with E-state index in [0.717, 1.165) is 12.8 Å². The number of nitrogens with zero attached hydrogens (tertiary/aromatic N) is 4. The predicted octanol–water partition coefficient (Wildman–Crippen LogP) is 5.34. The van der Waals surface area contributed by atoms with Crippen LogP contribution in [-0.2, 0) is 4.43 Å². The summed E-state index contributed by atoms with van der Waals surface area (Å²) >= 11 is 0. The highest BCUT2D eigenvalue weighted by Gasteiger charge is 2.52. The van der Waals surface area contributed by atoms with Crippen LogP contribution in [0.1, 0.15) is 39.3 Å². The number of hydrogen-bond donors (Lipinski definition) is 0. The van der Waals surface area contributed by atoms with E-state index in [-0.39, 0.29) is 10.6 Å². The summed E-state index contributed by atoms with van der Waals surface area (Å²) in [5, 5.41) is 9.60. The van der Waals surface area contributed by atoms with Crippen molar-refractivity contribution >= 4 is 14.0 Å². The summed E-state index contributed by atoms with van der Waals surface area (Å²) in [6.07, 6.45) is 4.93. The molecule has 4 rings (SSSR count). The Balaban J connectivity index is 1.64. The Morgan fingerprint density at radius 3 is 2.52 bits per heavy atom. The predicted molar refractivity (Wildman–Crippen MR) is 119 cm³/mol. The largest absolute Gasteiger partial charge is 0.490 e. The smallest absolute Gasteiger partial charge is 0.212 e. The van der Waals surface area contributed by atoms with Gasteiger partial charge in [0.1, 0.15) is 29.8 Å². The molecule has 3 aromatic heterocycles. The van der Waals surface area contributed by atoms with Crippen LogP contribution in [0.15, 0.2) is 36.7 Å². The highest BCUT2D eigenvalue weighted by Crippen LogP contribution is 2.48. The molecule has 1 saturated carbocycles. The molecule has 6 nitrogen and oxygen atoms in total. The number of imidazole rings is 1. The van der Waals surface area contributed by atoms with Gasteiger partial charge in [-0.1, -0.05) is 20.8 Å². The Morgan fingerprint density at radius 2 is 1.94 bits per heavy atom. The fourth-order valence-electron chi connectivity index (χ4n) is 3.32. The van der Waals surface area contributed by atoms with Gasteiger partial charge in [0.25, 0.3) is 0 Å². The van der Waals surface area contributed by atoms with E-state index in [4.69, 9.17) is 9.16 Å². The number of hydrogen-bond acceptors (Lipinski definition) is 5. The molecule has 1 aliphatic carbocycles. The molecule has 3 heterocycles. The SMILES string of the molecule is CC(C)(C)[Si](C)(C)OC1(COc2cc(-c3ccc(F)nc3)n3c(C#N)cnc3c2)CC1. The first-order valence-corrected chi connectivity index (χ1v) is 13.3. The van der Waals surface area contributed by atoms with Gasteiger partial charge < -0.3 is 9.16 Å². The van der Waals surface area contributed by atoms with Crippen molar-refractivity contribution in [2.45, 2.75) is 57.3 Å². The maximum Gasteiger partial charge on any atom is 0.212 e. The van der Waals surface area contributed by atoms with E-state index < -0.39 is 14.3 Å². The average molecular weight is 439 g/mol. The van der Waals surface area contributed by atoms with Gasteiger partial charge in [-0.2, -0.15) is 9.65 Å². The molecule has 162 valence electrons. The van der Waals surface area contributed by atoms with Crippen LogP contribution >= 0.6 is 0 Å². The highest BCUT2D eigenvalue weighted by atomic mass is 28.4. The second-order valence-corrected chi connectivity index (χ2v) is 14.5. The first kappa shape index (κ1) is 21.5. The van der Waals surface area contributed by atoms with Crippen molar-refractivity contribution in [3.63, 3.8) is 0 Å². The highest BCUT2D eigenvalue weighted by molar-refractivity contribution is 6.74. The topological polar surface area (TPSA) is 72.4 Å². The monoisotopic (exact) mass is 438 g/mol. The maximum atomic E-state index is 13.3. The Hall–Kier alpha value is -2.76. The van der Waals surface area contributed by atoms with Gasteiger partial charge in [0.15, 0.2) is 8.32 Å². The molecule has 0 radical (unpaired) electrons. The third-order valence-electron chi connectivity index (χ3n) is 6.31. The van der Waals surface area contributed by atoms with Gasteiger partial charge in [-0.15, -0.1) is 0 Å². The van der Waals surface area contributed by atoms with Crippen molar-refractivity contribution in [2.75, 3.05) is 6.61 Å². The molecule has 31 heavy (non-hydrogen) atoms. The van der Waals surface area contributed by atoms with Crippen molar-refractivity contribution in [2.24, 2.45) is 0 Å². The molecule has 1 fully saturated rings. The summed E-state index contributed by atoms with van der Waals surface area (Å²) in [5.41, 5.74) is 2.08. The lowest BCUT2D eigenvalue weighted by Gasteiger charge is -2.39. The minimum atomic E-state index is -1.91. The molecule has 0 atom stereocenters. The Labute approximate surface area is 182 Å². The van der Waals surface area contributed by atoms with Gasteiger partial charge >= 0.3 is 0 Å². The number of pyridine rings is 2. The first-order chi connectivity index (χ1) is 14.5. The van der Waals surface area contributed by atoms with Gasteiger partial charge in [-0.3, -0.25) is 4.40 Å². The third kappa shape index (κ3) is 4.20. The Kier molecular flexibility index (Phi) is 5.14. The number of nitriles is 1. The summed E-state index contributed by atoms with van der Waals surface area (Å²) in [6.45, 7) is 11.7. The summed E-state index contributed by atoms with van der Waals surface area (Å²) < 4.78 is 27.9. The molecule has 0 aromatic carbocycles. The molecule has 0 bridgehead atoms. The summed E-state index contributed by atoms with van der Waals surface area (Å²) in [6, 6.07) is 8.72.